The van der Waals surface area contributed by atoms with Crippen molar-refractivity contribution in [3.63, 3.8) is 0 Å². The predicted octanol–water partition coefficient (Wildman–Crippen LogP) is 1.66. The van der Waals surface area contributed by atoms with Crippen molar-refractivity contribution < 1.29 is 14.3 Å². The topological polar surface area (TPSA) is 61.9 Å². The van der Waals surface area contributed by atoms with Gasteiger partial charge in [0.1, 0.15) is 0 Å². The summed E-state index contributed by atoms with van der Waals surface area (Å²) in [4.78, 5) is 28.7. The van der Waals surface area contributed by atoms with Crippen LogP contribution < -0.4 is 5.32 Å². The van der Waals surface area contributed by atoms with E-state index >= 15 is 0 Å². The predicted molar refractivity (Wildman–Crippen MR) is 88.1 cm³/mol. The van der Waals surface area contributed by atoms with E-state index in [2.05, 4.69) is 5.32 Å². The Balaban J connectivity index is 1.64. The van der Waals surface area contributed by atoms with Crippen LogP contribution in [0, 0.1) is 0 Å². The summed E-state index contributed by atoms with van der Waals surface area (Å²) in [6.45, 7) is 1.84. The molecule has 0 saturated carbocycles. The maximum absolute atomic E-state index is 13.0. The van der Waals surface area contributed by atoms with Crippen molar-refractivity contribution in [1.82, 2.24) is 15.1 Å². The van der Waals surface area contributed by atoms with Crippen LogP contribution in [0.2, 0.25) is 0 Å². The fraction of sp³-hybridized carbons (Fsp3) is 0.444. The van der Waals surface area contributed by atoms with E-state index in [0.29, 0.717) is 18.7 Å². The molecule has 126 valence electrons. The Labute approximate surface area is 141 Å². The minimum Gasteiger partial charge on any atom is -0.376 e. The maximum atomic E-state index is 13.0. The van der Waals surface area contributed by atoms with Gasteiger partial charge in [0.2, 0.25) is 0 Å². The Bertz CT molecular complexity index is 695. The molecule has 24 heavy (non-hydrogen) atoms. The molecular weight excluding hydrogens is 306 g/mol. The molecule has 0 aromatic heterocycles. The van der Waals surface area contributed by atoms with Crippen molar-refractivity contribution in [3.8, 4) is 0 Å². The van der Waals surface area contributed by atoms with E-state index in [9.17, 15) is 9.59 Å². The van der Waals surface area contributed by atoms with E-state index in [0.717, 1.165) is 30.7 Å². The number of urea groups is 1. The van der Waals surface area contributed by atoms with Crippen LogP contribution in [0.15, 0.2) is 41.6 Å². The zero-order valence-electron chi connectivity index (χ0n) is 13.7. The van der Waals surface area contributed by atoms with E-state index in [4.69, 9.17) is 4.74 Å². The lowest BCUT2D eigenvalue weighted by atomic mass is 9.96. The number of nitrogens with zero attached hydrogens (tertiary/aromatic N) is 2. The van der Waals surface area contributed by atoms with Crippen LogP contribution in [0.4, 0.5) is 4.79 Å². The molecule has 0 bridgehead atoms. The van der Waals surface area contributed by atoms with Crippen molar-refractivity contribution in [3.05, 3.63) is 47.2 Å². The molecule has 1 fully saturated rings. The third-order valence-electron chi connectivity index (χ3n) is 5.02. The molecular formula is C18H21N3O3. The summed E-state index contributed by atoms with van der Waals surface area (Å²) < 4.78 is 5.67. The molecule has 3 heterocycles. The van der Waals surface area contributed by atoms with E-state index in [1.807, 2.05) is 35.2 Å². The number of nitrogens with one attached hydrogen (secondary N) is 1. The fourth-order valence-corrected chi connectivity index (χ4v) is 3.70. The van der Waals surface area contributed by atoms with Gasteiger partial charge in [0.05, 0.1) is 30.0 Å². The third kappa shape index (κ3) is 2.47. The molecule has 1 saturated heterocycles. The molecule has 3 aliphatic heterocycles. The Morgan fingerprint density at radius 1 is 1.25 bits per heavy atom. The zero-order chi connectivity index (χ0) is 16.7. The number of likely N-dealkylation sites (N-methyl/N-ethyl adjacent to an activating group) is 1. The van der Waals surface area contributed by atoms with Gasteiger partial charge in [-0.2, -0.15) is 0 Å². The standard InChI is InChI=1S/C18H21N3O3/c1-20-14-11-21(10-13-8-5-9-24-13)17(22)15(14)16(19-18(20)23)12-6-3-2-4-7-12/h2-4,6-7,13,16H,5,8-11H2,1H3,(H,19,23). The van der Waals surface area contributed by atoms with Crippen LogP contribution in [0.25, 0.3) is 0 Å². The van der Waals surface area contributed by atoms with Gasteiger partial charge in [-0.25, -0.2) is 4.79 Å². The first-order valence-corrected chi connectivity index (χ1v) is 8.38. The van der Waals surface area contributed by atoms with Crippen molar-refractivity contribution in [1.29, 1.82) is 0 Å². The van der Waals surface area contributed by atoms with Gasteiger partial charge in [0.15, 0.2) is 0 Å². The lowest BCUT2D eigenvalue weighted by Gasteiger charge is -2.31. The Morgan fingerprint density at radius 3 is 2.75 bits per heavy atom. The molecule has 1 N–H and O–H groups in total. The molecule has 4 rings (SSSR count). The van der Waals surface area contributed by atoms with Crippen molar-refractivity contribution in [2.75, 3.05) is 26.7 Å². The van der Waals surface area contributed by atoms with Gasteiger partial charge in [-0.15, -0.1) is 0 Å². The average Bonchev–Trinajstić information content (AvgIpc) is 3.22. The largest absolute Gasteiger partial charge is 0.376 e. The molecule has 3 aliphatic rings. The summed E-state index contributed by atoms with van der Waals surface area (Å²) in [6, 6.07) is 9.10. The molecule has 0 spiro atoms. The third-order valence-corrected chi connectivity index (χ3v) is 5.02. The highest BCUT2D eigenvalue weighted by atomic mass is 16.5. The van der Waals surface area contributed by atoms with Gasteiger partial charge < -0.3 is 15.0 Å². The minimum absolute atomic E-state index is 0.00111. The summed E-state index contributed by atoms with van der Waals surface area (Å²) in [5, 5.41) is 2.95. The van der Waals surface area contributed by atoms with Crippen LogP contribution in [0.3, 0.4) is 0 Å². The second-order valence-corrected chi connectivity index (χ2v) is 6.53. The number of hydrogen-bond donors (Lipinski definition) is 1. The van der Waals surface area contributed by atoms with Crippen molar-refractivity contribution in [2.24, 2.45) is 0 Å². The van der Waals surface area contributed by atoms with Crippen LogP contribution in [-0.4, -0.2) is 54.6 Å². The maximum Gasteiger partial charge on any atom is 0.322 e. The van der Waals surface area contributed by atoms with Crippen LogP contribution in [0.5, 0.6) is 0 Å². The molecule has 1 aromatic rings. The number of ether oxygens (including phenoxy) is 1. The Hall–Kier alpha value is -2.34. The first kappa shape index (κ1) is 15.2. The highest BCUT2D eigenvalue weighted by molar-refractivity contribution is 6.01. The van der Waals surface area contributed by atoms with E-state index in [-0.39, 0.29) is 24.1 Å². The number of carbonyl (C=O) groups is 2. The van der Waals surface area contributed by atoms with Crippen LogP contribution >= 0.6 is 0 Å². The number of rotatable bonds is 3. The SMILES string of the molecule is CN1C(=O)NC(c2ccccc2)C2=C1CN(CC1CCCO1)C2=O. The molecule has 0 aliphatic carbocycles. The summed E-state index contributed by atoms with van der Waals surface area (Å²) in [5.74, 6) is 0.00111. The molecule has 2 unspecified atom stereocenters. The fourth-order valence-electron chi connectivity index (χ4n) is 3.70. The first-order valence-electron chi connectivity index (χ1n) is 8.38. The molecule has 3 amide bonds. The van der Waals surface area contributed by atoms with Gasteiger partial charge in [-0.1, -0.05) is 30.3 Å². The van der Waals surface area contributed by atoms with Crippen molar-refractivity contribution >= 4 is 11.9 Å². The van der Waals surface area contributed by atoms with Gasteiger partial charge in [-0.3, -0.25) is 9.69 Å². The lowest BCUT2D eigenvalue weighted by Crippen LogP contribution is -2.45. The number of carbonyl (C=O) groups excluding carboxylic acids is 2. The zero-order valence-corrected chi connectivity index (χ0v) is 13.7. The van der Waals surface area contributed by atoms with Crippen LogP contribution in [-0.2, 0) is 9.53 Å². The molecule has 2 atom stereocenters. The molecule has 6 nitrogen and oxygen atoms in total. The Kier molecular flexibility index (Phi) is 3.76. The van der Waals surface area contributed by atoms with Gasteiger partial charge >= 0.3 is 6.03 Å². The first-order chi connectivity index (χ1) is 11.6. The lowest BCUT2D eigenvalue weighted by molar-refractivity contribution is -0.127. The van der Waals surface area contributed by atoms with E-state index in [1.165, 1.54) is 0 Å². The monoisotopic (exact) mass is 327 g/mol. The van der Waals surface area contributed by atoms with E-state index in [1.54, 1.807) is 11.9 Å². The summed E-state index contributed by atoms with van der Waals surface area (Å²) in [5.41, 5.74) is 2.41. The molecule has 0 radical (unpaired) electrons. The van der Waals surface area contributed by atoms with Gasteiger partial charge in [-0.05, 0) is 18.4 Å². The normalized spacial score (nSPS) is 26.9. The quantitative estimate of drug-likeness (QED) is 0.918. The number of benzene rings is 1. The second kappa shape index (κ2) is 5.94. The van der Waals surface area contributed by atoms with Gasteiger partial charge in [0.25, 0.3) is 5.91 Å². The number of hydrogen-bond acceptors (Lipinski definition) is 3. The summed E-state index contributed by atoms with van der Waals surface area (Å²) >= 11 is 0. The second-order valence-electron chi connectivity index (χ2n) is 6.53. The summed E-state index contributed by atoms with van der Waals surface area (Å²) in [7, 11) is 1.72. The minimum atomic E-state index is -0.383. The average molecular weight is 327 g/mol. The highest BCUT2D eigenvalue weighted by Gasteiger charge is 2.43. The van der Waals surface area contributed by atoms with Gasteiger partial charge in [0, 0.05) is 20.2 Å². The van der Waals surface area contributed by atoms with E-state index < -0.39 is 0 Å². The molecule has 1 aromatic carbocycles. The van der Waals surface area contributed by atoms with Crippen LogP contribution in [0.1, 0.15) is 24.4 Å². The smallest absolute Gasteiger partial charge is 0.322 e. The van der Waals surface area contributed by atoms with Crippen molar-refractivity contribution in [2.45, 2.75) is 25.0 Å². The number of amides is 3. The Morgan fingerprint density at radius 2 is 2.04 bits per heavy atom. The summed E-state index contributed by atoms with van der Waals surface area (Å²) in [6.07, 6.45) is 2.15. The molecule has 6 heteroatoms. The highest BCUT2D eigenvalue weighted by Crippen LogP contribution is 2.35.